The van der Waals surface area contributed by atoms with Crippen LogP contribution < -0.4 is 11.1 Å². The van der Waals surface area contributed by atoms with Crippen LogP contribution >= 0.6 is 0 Å². The minimum absolute atomic E-state index is 0.505. The molecule has 1 aromatic rings. The zero-order valence-corrected chi connectivity index (χ0v) is 12.9. The topological polar surface area (TPSA) is 38.0 Å². The second-order valence-electron chi connectivity index (χ2n) is 5.79. The molecule has 1 unspecified atom stereocenters. The van der Waals surface area contributed by atoms with E-state index in [-0.39, 0.29) is 0 Å². The zero-order valence-electron chi connectivity index (χ0n) is 12.9. The van der Waals surface area contributed by atoms with Crippen LogP contribution in [0.15, 0.2) is 24.3 Å². The number of nitrogens with one attached hydrogen (secondary N) is 1. The molecule has 3 heteroatoms. The standard InChI is InChI=1S/C16H30N3/c1-5-19(4,6-2)13-7-8-14(3)18-16-11-9-15(17)10-12-16/h9-12,14,18H,5-8,13,17H2,1-4H3/q+1. The molecule has 0 saturated carbocycles. The molecule has 1 atom stereocenters. The molecular weight excluding hydrogens is 234 g/mol. The van der Waals surface area contributed by atoms with E-state index in [4.69, 9.17) is 5.73 Å². The van der Waals surface area contributed by atoms with Gasteiger partial charge in [0, 0.05) is 17.4 Å². The number of anilines is 2. The molecule has 19 heavy (non-hydrogen) atoms. The van der Waals surface area contributed by atoms with Gasteiger partial charge in [-0.25, -0.2) is 0 Å². The Morgan fingerprint density at radius 1 is 1.16 bits per heavy atom. The maximum absolute atomic E-state index is 5.69. The molecule has 0 aromatic heterocycles. The van der Waals surface area contributed by atoms with Gasteiger partial charge in [0.1, 0.15) is 0 Å². The number of nitrogen functional groups attached to an aromatic ring is 1. The Labute approximate surface area is 118 Å². The van der Waals surface area contributed by atoms with Crippen LogP contribution in [-0.2, 0) is 0 Å². The lowest BCUT2D eigenvalue weighted by Crippen LogP contribution is -2.44. The van der Waals surface area contributed by atoms with E-state index >= 15 is 0 Å². The van der Waals surface area contributed by atoms with E-state index in [1.807, 2.05) is 24.3 Å². The normalized spacial score (nSPS) is 13.3. The van der Waals surface area contributed by atoms with Crippen LogP contribution in [0, 0.1) is 0 Å². The quantitative estimate of drug-likeness (QED) is 0.558. The fourth-order valence-electron chi connectivity index (χ4n) is 2.26. The van der Waals surface area contributed by atoms with Gasteiger partial charge in [-0.1, -0.05) is 0 Å². The van der Waals surface area contributed by atoms with Crippen LogP contribution in [0.3, 0.4) is 0 Å². The lowest BCUT2D eigenvalue weighted by molar-refractivity contribution is -0.906. The average molecular weight is 264 g/mol. The molecule has 108 valence electrons. The van der Waals surface area contributed by atoms with Crippen molar-refractivity contribution >= 4 is 11.4 Å². The van der Waals surface area contributed by atoms with Gasteiger partial charge in [0.15, 0.2) is 0 Å². The predicted octanol–water partition coefficient (Wildman–Crippen LogP) is 3.34. The summed E-state index contributed by atoms with van der Waals surface area (Å²) in [6.07, 6.45) is 2.47. The number of nitrogens with two attached hydrogens (primary N) is 1. The third-order valence-corrected chi connectivity index (χ3v) is 4.19. The molecule has 1 rings (SSSR count). The summed E-state index contributed by atoms with van der Waals surface area (Å²) in [5, 5.41) is 3.53. The third kappa shape index (κ3) is 5.52. The Kier molecular flexibility index (Phi) is 6.16. The minimum Gasteiger partial charge on any atom is -0.399 e. The van der Waals surface area contributed by atoms with Crippen LogP contribution in [-0.4, -0.2) is 37.2 Å². The third-order valence-electron chi connectivity index (χ3n) is 4.19. The van der Waals surface area contributed by atoms with Crippen molar-refractivity contribution in [3.63, 3.8) is 0 Å². The highest BCUT2D eigenvalue weighted by molar-refractivity contribution is 5.51. The van der Waals surface area contributed by atoms with Gasteiger partial charge in [0.25, 0.3) is 0 Å². The van der Waals surface area contributed by atoms with Crippen molar-refractivity contribution in [3.8, 4) is 0 Å². The van der Waals surface area contributed by atoms with Crippen molar-refractivity contribution in [1.82, 2.24) is 0 Å². The smallest absolute Gasteiger partial charge is 0.0785 e. The molecule has 0 heterocycles. The molecule has 0 spiro atoms. The van der Waals surface area contributed by atoms with Gasteiger partial charge in [-0.3, -0.25) is 0 Å². The summed E-state index contributed by atoms with van der Waals surface area (Å²) in [6.45, 7) is 10.5. The van der Waals surface area contributed by atoms with Crippen LogP contribution in [0.4, 0.5) is 11.4 Å². The molecule has 3 nitrogen and oxygen atoms in total. The van der Waals surface area contributed by atoms with E-state index in [9.17, 15) is 0 Å². The molecule has 0 saturated heterocycles. The summed E-state index contributed by atoms with van der Waals surface area (Å²) in [7, 11) is 2.35. The van der Waals surface area contributed by atoms with Crippen molar-refractivity contribution in [1.29, 1.82) is 0 Å². The molecule has 0 aliphatic carbocycles. The Morgan fingerprint density at radius 3 is 2.26 bits per heavy atom. The molecular formula is C16H30N3+. The second-order valence-corrected chi connectivity index (χ2v) is 5.79. The first-order valence-electron chi connectivity index (χ1n) is 7.44. The Balaban J connectivity index is 2.32. The van der Waals surface area contributed by atoms with E-state index in [0.717, 1.165) is 11.4 Å². The first-order chi connectivity index (χ1) is 8.99. The van der Waals surface area contributed by atoms with Gasteiger partial charge >= 0.3 is 0 Å². The fraction of sp³-hybridized carbons (Fsp3) is 0.625. The number of nitrogens with zero attached hydrogens (tertiary/aromatic N) is 1. The lowest BCUT2D eigenvalue weighted by atomic mass is 10.1. The van der Waals surface area contributed by atoms with Gasteiger partial charge in [0.05, 0.1) is 26.7 Å². The highest BCUT2D eigenvalue weighted by Gasteiger charge is 2.16. The summed E-state index contributed by atoms with van der Waals surface area (Å²) >= 11 is 0. The summed E-state index contributed by atoms with van der Waals surface area (Å²) in [4.78, 5) is 0. The summed E-state index contributed by atoms with van der Waals surface area (Å²) in [6, 6.07) is 8.48. The molecule has 0 aliphatic heterocycles. The molecule has 3 N–H and O–H groups in total. The molecule has 0 fully saturated rings. The second kappa shape index (κ2) is 7.39. The van der Waals surface area contributed by atoms with E-state index in [1.165, 1.54) is 37.0 Å². The highest BCUT2D eigenvalue weighted by Crippen LogP contribution is 2.14. The van der Waals surface area contributed by atoms with Gasteiger partial charge in [-0.2, -0.15) is 0 Å². The highest BCUT2D eigenvalue weighted by atomic mass is 15.3. The minimum atomic E-state index is 0.505. The first-order valence-corrected chi connectivity index (χ1v) is 7.44. The molecule has 0 amide bonds. The average Bonchev–Trinajstić information content (AvgIpc) is 2.41. The first kappa shape index (κ1) is 15.8. The molecule has 0 radical (unpaired) electrons. The Bertz CT molecular complexity index is 355. The van der Waals surface area contributed by atoms with Gasteiger partial charge < -0.3 is 15.5 Å². The number of benzene rings is 1. The summed E-state index contributed by atoms with van der Waals surface area (Å²) in [5.74, 6) is 0. The van der Waals surface area contributed by atoms with Crippen LogP contribution in [0.25, 0.3) is 0 Å². The number of rotatable bonds is 8. The lowest BCUT2D eigenvalue weighted by Gasteiger charge is -2.32. The number of hydrogen-bond acceptors (Lipinski definition) is 2. The van der Waals surface area contributed by atoms with Crippen molar-refractivity contribution in [2.45, 2.75) is 39.7 Å². The van der Waals surface area contributed by atoms with Crippen LogP contribution in [0.2, 0.25) is 0 Å². The predicted molar refractivity (Wildman–Crippen MR) is 85.3 cm³/mol. The monoisotopic (exact) mass is 264 g/mol. The van der Waals surface area contributed by atoms with Crippen molar-refractivity contribution in [2.24, 2.45) is 0 Å². The van der Waals surface area contributed by atoms with Gasteiger partial charge in [0.2, 0.25) is 0 Å². The number of hydrogen-bond donors (Lipinski definition) is 2. The molecule has 1 aromatic carbocycles. The van der Waals surface area contributed by atoms with E-state index in [1.54, 1.807) is 0 Å². The molecule has 0 aliphatic rings. The van der Waals surface area contributed by atoms with E-state index in [0.29, 0.717) is 6.04 Å². The largest absolute Gasteiger partial charge is 0.399 e. The van der Waals surface area contributed by atoms with E-state index < -0.39 is 0 Å². The van der Waals surface area contributed by atoms with Crippen molar-refractivity contribution < 1.29 is 4.48 Å². The van der Waals surface area contributed by atoms with Crippen LogP contribution in [0.5, 0.6) is 0 Å². The van der Waals surface area contributed by atoms with Gasteiger partial charge in [-0.05, 0) is 57.9 Å². The Hall–Kier alpha value is -1.22. The van der Waals surface area contributed by atoms with Crippen molar-refractivity contribution in [2.75, 3.05) is 37.7 Å². The van der Waals surface area contributed by atoms with Gasteiger partial charge in [-0.15, -0.1) is 0 Å². The maximum Gasteiger partial charge on any atom is 0.0785 e. The summed E-state index contributed by atoms with van der Waals surface area (Å²) < 4.78 is 1.18. The molecule has 0 bridgehead atoms. The Morgan fingerprint density at radius 2 is 1.74 bits per heavy atom. The SMILES string of the molecule is CC[N+](C)(CC)CCCC(C)Nc1ccc(N)cc1. The maximum atomic E-state index is 5.69. The zero-order chi connectivity index (χ0) is 14.3. The fourth-order valence-corrected chi connectivity index (χ4v) is 2.26. The van der Waals surface area contributed by atoms with E-state index in [2.05, 4.69) is 33.1 Å². The number of quaternary nitrogens is 1. The van der Waals surface area contributed by atoms with Crippen molar-refractivity contribution in [3.05, 3.63) is 24.3 Å². The summed E-state index contributed by atoms with van der Waals surface area (Å²) in [5.41, 5.74) is 7.66. The van der Waals surface area contributed by atoms with Crippen LogP contribution in [0.1, 0.15) is 33.6 Å².